The summed E-state index contributed by atoms with van der Waals surface area (Å²) in [5.74, 6) is 0.780. The monoisotopic (exact) mass is 187 g/mol. The van der Waals surface area contributed by atoms with Gasteiger partial charge in [0.05, 0.1) is 11.6 Å². The molecule has 1 rings (SSSR count). The Bertz CT molecular complexity index is 374. The van der Waals surface area contributed by atoms with Crippen LogP contribution in [-0.4, -0.2) is 6.61 Å². The summed E-state index contributed by atoms with van der Waals surface area (Å²) < 4.78 is 5.48. The van der Waals surface area contributed by atoms with E-state index in [1.165, 1.54) is 0 Å². The molecule has 0 fully saturated rings. The molecule has 0 aromatic heterocycles. The molecule has 1 aromatic carbocycles. The van der Waals surface area contributed by atoms with Gasteiger partial charge in [0, 0.05) is 0 Å². The average Bonchev–Trinajstić information content (AvgIpc) is 2.21. The van der Waals surface area contributed by atoms with Gasteiger partial charge < -0.3 is 4.74 Å². The summed E-state index contributed by atoms with van der Waals surface area (Å²) in [5, 5.41) is 8.70. The van der Waals surface area contributed by atoms with Crippen LogP contribution in [0.5, 0.6) is 5.75 Å². The molecular formula is C12H13NO. The van der Waals surface area contributed by atoms with E-state index < -0.39 is 0 Å². The van der Waals surface area contributed by atoms with Crippen molar-refractivity contribution < 1.29 is 4.74 Å². The van der Waals surface area contributed by atoms with Crippen molar-refractivity contribution in [2.45, 2.75) is 13.8 Å². The molecule has 2 heteroatoms. The van der Waals surface area contributed by atoms with Crippen LogP contribution in [-0.2, 0) is 0 Å². The standard InChI is InChI=1S/C12H13NO/c1-3-4-7-14-12-8-11(9-13)6-5-10(12)2/h3-6,8H,7H2,1-2H3/b4-3+. The highest BCUT2D eigenvalue weighted by molar-refractivity contribution is 5.41. The normalized spacial score (nSPS) is 10.1. The Balaban J connectivity index is 2.80. The SMILES string of the molecule is C/C=C/COc1cc(C#N)ccc1C. The van der Waals surface area contributed by atoms with Crippen LogP contribution in [0, 0.1) is 18.3 Å². The molecule has 0 heterocycles. The van der Waals surface area contributed by atoms with Crippen LogP contribution < -0.4 is 4.74 Å². The lowest BCUT2D eigenvalue weighted by Gasteiger charge is -2.06. The van der Waals surface area contributed by atoms with Crippen LogP contribution in [0.3, 0.4) is 0 Å². The van der Waals surface area contributed by atoms with Gasteiger partial charge in [-0.3, -0.25) is 0 Å². The molecule has 0 radical (unpaired) electrons. The predicted molar refractivity (Wildman–Crippen MR) is 56.2 cm³/mol. The van der Waals surface area contributed by atoms with Gasteiger partial charge in [-0.1, -0.05) is 18.2 Å². The third-order valence-corrected chi connectivity index (χ3v) is 1.89. The first-order valence-corrected chi connectivity index (χ1v) is 4.52. The van der Waals surface area contributed by atoms with E-state index in [-0.39, 0.29) is 0 Å². The third kappa shape index (κ3) is 2.63. The molecule has 0 aliphatic heterocycles. The number of aryl methyl sites for hydroxylation is 1. The Morgan fingerprint density at radius 2 is 2.29 bits per heavy atom. The average molecular weight is 187 g/mol. The fraction of sp³-hybridized carbons (Fsp3) is 0.250. The lowest BCUT2D eigenvalue weighted by Crippen LogP contribution is -1.95. The van der Waals surface area contributed by atoms with Crippen molar-refractivity contribution >= 4 is 0 Å². The van der Waals surface area contributed by atoms with Gasteiger partial charge in [0.25, 0.3) is 0 Å². The molecule has 0 unspecified atom stereocenters. The van der Waals surface area contributed by atoms with Crippen molar-refractivity contribution in [2.24, 2.45) is 0 Å². The number of hydrogen-bond donors (Lipinski definition) is 0. The summed E-state index contributed by atoms with van der Waals surface area (Å²) in [6.45, 7) is 4.46. The molecule has 0 aliphatic carbocycles. The molecule has 0 N–H and O–H groups in total. The van der Waals surface area contributed by atoms with Crippen LogP contribution in [0.25, 0.3) is 0 Å². The Hall–Kier alpha value is -1.75. The maximum atomic E-state index is 8.70. The molecule has 2 nitrogen and oxygen atoms in total. The number of nitrogens with zero attached hydrogens (tertiary/aromatic N) is 1. The number of ether oxygens (including phenoxy) is 1. The van der Waals surface area contributed by atoms with Crippen LogP contribution in [0.15, 0.2) is 30.4 Å². The minimum absolute atomic E-state index is 0.548. The smallest absolute Gasteiger partial charge is 0.124 e. The van der Waals surface area contributed by atoms with Gasteiger partial charge in [-0.2, -0.15) is 5.26 Å². The molecule has 0 bridgehead atoms. The van der Waals surface area contributed by atoms with Crippen molar-refractivity contribution in [3.63, 3.8) is 0 Å². The number of rotatable bonds is 3. The van der Waals surface area contributed by atoms with Gasteiger partial charge in [0.2, 0.25) is 0 Å². The lowest BCUT2D eigenvalue weighted by molar-refractivity contribution is 0.360. The van der Waals surface area contributed by atoms with Gasteiger partial charge in [-0.25, -0.2) is 0 Å². The Morgan fingerprint density at radius 1 is 1.50 bits per heavy atom. The van der Waals surface area contributed by atoms with E-state index in [1.807, 2.05) is 32.1 Å². The van der Waals surface area contributed by atoms with E-state index in [0.29, 0.717) is 12.2 Å². The van der Waals surface area contributed by atoms with Gasteiger partial charge in [-0.15, -0.1) is 0 Å². The first kappa shape index (κ1) is 10.3. The molecule has 0 amide bonds. The molecule has 0 atom stereocenters. The second-order valence-electron chi connectivity index (χ2n) is 2.97. The first-order valence-electron chi connectivity index (χ1n) is 4.52. The highest BCUT2D eigenvalue weighted by Crippen LogP contribution is 2.18. The molecule has 0 saturated carbocycles. The molecular weight excluding hydrogens is 174 g/mol. The molecule has 0 aliphatic rings. The highest BCUT2D eigenvalue weighted by Gasteiger charge is 1.99. The summed E-state index contributed by atoms with van der Waals surface area (Å²) in [6, 6.07) is 7.53. The van der Waals surface area contributed by atoms with E-state index in [2.05, 4.69) is 6.07 Å². The predicted octanol–water partition coefficient (Wildman–Crippen LogP) is 2.82. The fourth-order valence-corrected chi connectivity index (χ4v) is 1.06. The van der Waals surface area contributed by atoms with Crippen molar-refractivity contribution in [1.82, 2.24) is 0 Å². The van der Waals surface area contributed by atoms with E-state index in [9.17, 15) is 0 Å². The maximum absolute atomic E-state index is 8.70. The zero-order valence-electron chi connectivity index (χ0n) is 8.45. The quantitative estimate of drug-likeness (QED) is 0.682. The van der Waals surface area contributed by atoms with Gasteiger partial charge in [0.15, 0.2) is 0 Å². The van der Waals surface area contributed by atoms with Crippen molar-refractivity contribution in [3.8, 4) is 11.8 Å². The van der Waals surface area contributed by atoms with E-state index in [0.717, 1.165) is 11.3 Å². The van der Waals surface area contributed by atoms with E-state index in [1.54, 1.807) is 12.1 Å². The zero-order chi connectivity index (χ0) is 10.4. The number of allylic oxidation sites excluding steroid dienone is 1. The Labute approximate surface area is 84.4 Å². The van der Waals surface area contributed by atoms with E-state index in [4.69, 9.17) is 10.00 Å². The lowest BCUT2D eigenvalue weighted by atomic mass is 10.1. The van der Waals surface area contributed by atoms with Crippen LogP contribution in [0.1, 0.15) is 18.1 Å². The topological polar surface area (TPSA) is 33.0 Å². The maximum Gasteiger partial charge on any atom is 0.124 e. The Morgan fingerprint density at radius 3 is 2.93 bits per heavy atom. The fourth-order valence-electron chi connectivity index (χ4n) is 1.06. The number of benzene rings is 1. The van der Waals surface area contributed by atoms with Crippen LogP contribution >= 0.6 is 0 Å². The third-order valence-electron chi connectivity index (χ3n) is 1.89. The zero-order valence-corrected chi connectivity index (χ0v) is 8.45. The van der Waals surface area contributed by atoms with Crippen molar-refractivity contribution in [3.05, 3.63) is 41.5 Å². The summed E-state index contributed by atoms with van der Waals surface area (Å²) in [7, 11) is 0. The number of hydrogen-bond acceptors (Lipinski definition) is 2. The second kappa shape index (κ2) is 5.08. The molecule has 0 saturated heterocycles. The summed E-state index contributed by atoms with van der Waals surface area (Å²) in [6.07, 6.45) is 3.86. The van der Waals surface area contributed by atoms with Crippen LogP contribution in [0.4, 0.5) is 0 Å². The minimum atomic E-state index is 0.548. The summed E-state index contributed by atoms with van der Waals surface area (Å²) in [5.41, 5.74) is 1.68. The molecule has 1 aromatic rings. The summed E-state index contributed by atoms with van der Waals surface area (Å²) in [4.78, 5) is 0. The van der Waals surface area contributed by atoms with E-state index >= 15 is 0 Å². The first-order chi connectivity index (χ1) is 6.77. The Kier molecular flexibility index (Phi) is 3.75. The second-order valence-corrected chi connectivity index (χ2v) is 2.97. The van der Waals surface area contributed by atoms with Gasteiger partial charge in [-0.05, 0) is 31.5 Å². The largest absolute Gasteiger partial charge is 0.489 e. The highest BCUT2D eigenvalue weighted by atomic mass is 16.5. The molecule has 72 valence electrons. The summed E-state index contributed by atoms with van der Waals surface area (Å²) >= 11 is 0. The number of nitriles is 1. The van der Waals surface area contributed by atoms with Gasteiger partial charge >= 0.3 is 0 Å². The minimum Gasteiger partial charge on any atom is -0.489 e. The molecule has 0 spiro atoms. The molecule has 14 heavy (non-hydrogen) atoms. The van der Waals surface area contributed by atoms with Crippen LogP contribution in [0.2, 0.25) is 0 Å². The van der Waals surface area contributed by atoms with Gasteiger partial charge in [0.1, 0.15) is 12.4 Å². The van der Waals surface area contributed by atoms with Crippen molar-refractivity contribution in [2.75, 3.05) is 6.61 Å². The van der Waals surface area contributed by atoms with Crippen molar-refractivity contribution in [1.29, 1.82) is 5.26 Å².